The number of carbonyl (C=O) groups excluding carboxylic acids is 3. The topological polar surface area (TPSA) is 78.5 Å². The van der Waals surface area contributed by atoms with Crippen molar-refractivity contribution >= 4 is 29.2 Å². The maximum Gasteiger partial charge on any atom is 0.325 e. The van der Waals surface area contributed by atoms with E-state index in [-0.39, 0.29) is 29.8 Å². The fourth-order valence-corrected chi connectivity index (χ4v) is 3.03. The minimum atomic E-state index is -0.595. The van der Waals surface area contributed by atoms with Crippen molar-refractivity contribution in [3.05, 3.63) is 22.4 Å². The second-order valence-electron chi connectivity index (χ2n) is 6.48. The maximum absolute atomic E-state index is 12.3. The lowest BCUT2D eigenvalue weighted by molar-refractivity contribution is -0.133. The molecule has 0 saturated carbocycles. The van der Waals surface area contributed by atoms with Crippen LogP contribution in [0.25, 0.3) is 0 Å². The van der Waals surface area contributed by atoms with Crippen LogP contribution >= 0.6 is 11.3 Å². The minimum absolute atomic E-state index is 0.147. The molecule has 0 aliphatic carbocycles. The van der Waals surface area contributed by atoms with Crippen LogP contribution < -0.4 is 10.6 Å². The molecule has 1 aromatic rings. The minimum Gasteiger partial charge on any atom is -0.347 e. The highest BCUT2D eigenvalue weighted by Gasteiger charge is 2.44. The Morgan fingerprint density at radius 2 is 2.14 bits per heavy atom. The summed E-state index contributed by atoms with van der Waals surface area (Å²) in [6, 6.07) is 2.59. The Bertz CT molecular complexity index is 577. The summed E-state index contributed by atoms with van der Waals surface area (Å²) >= 11 is 1.55. The van der Waals surface area contributed by atoms with Crippen molar-refractivity contribution in [1.82, 2.24) is 15.5 Å². The highest BCUT2D eigenvalue weighted by molar-refractivity contribution is 7.10. The van der Waals surface area contributed by atoms with Gasteiger partial charge in [-0.15, -0.1) is 11.3 Å². The third-order valence-electron chi connectivity index (χ3n) is 3.54. The molecule has 4 amide bonds. The van der Waals surface area contributed by atoms with Gasteiger partial charge in [-0.1, -0.05) is 26.8 Å². The average Bonchev–Trinajstić information content (AvgIpc) is 3.01. The summed E-state index contributed by atoms with van der Waals surface area (Å²) in [4.78, 5) is 38.3. The highest BCUT2D eigenvalue weighted by atomic mass is 32.1. The van der Waals surface area contributed by atoms with Gasteiger partial charge in [0, 0.05) is 4.88 Å². The first-order chi connectivity index (χ1) is 10.2. The molecule has 1 fully saturated rings. The zero-order valence-corrected chi connectivity index (χ0v) is 14.0. The molecule has 120 valence electrons. The summed E-state index contributed by atoms with van der Waals surface area (Å²) in [6.07, 6.45) is 0. The van der Waals surface area contributed by atoms with Gasteiger partial charge in [0.05, 0.1) is 6.04 Å². The first-order valence-corrected chi connectivity index (χ1v) is 8.02. The number of nitrogens with one attached hydrogen (secondary N) is 2. The van der Waals surface area contributed by atoms with E-state index in [2.05, 4.69) is 10.6 Å². The molecule has 22 heavy (non-hydrogen) atoms. The van der Waals surface area contributed by atoms with Gasteiger partial charge in [0.2, 0.25) is 5.91 Å². The highest BCUT2D eigenvalue weighted by Crippen LogP contribution is 2.25. The van der Waals surface area contributed by atoms with Crippen molar-refractivity contribution in [2.24, 2.45) is 5.41 Å². The number of carbonyl (C=O) groups is 3. The van der Waals surface area contributed by atoms with Crippen LogP contribution in [0.15, 0.2) is 17.5 Å². The van der Waals surface area contributed by atoms with Gasteiger partial charge in [-0.3, -0.25) is 14.5 Å². The Morgan fingerprint density at radius 1 is 1.45 bits per heavy atom. The number of nitrogens with zero attached hydrogens (tertiary/aromatic N) is 1. The van der Waals surface area contributed by atoms with Crippen LogP contribution in [0, 0.1) is 5.41 Å². The Hall–Kier alpha value is -1.89. The summed E-state index contributed by atoms with van der Waals surface area (Å²) in [7, 11) is 0. The third-order valence-corrected chi connectivity index (χ3v) is 4.60. The molecule has 0 spiro atoms. The molecule has 0 aromatic carbocycles. The number of thiophene rings is 1. The molecule has 0 bridgehead atoms. The summed E-state index contributed by atoms with van der Waals surface area (Å²) in [6.45, 7) is 7.23. The van der Waals surface area contributed by atoms with E-state index in [9.17, 15) is 14.4 Å². The van der Waals surface area contributed by atoms with Crippen molar-refractivity contribution in [3.8, 4) is 0 Å². The maximum atomic E-state index is 12.3. The van der Waals surface area contributed by atoms with Gasteiger partial charge in [0.15, 0.2) is 0 Å². The predicted octanol–water partition coefficient (Wildman–Crippen LogP) is 1.89. The van der Waals surface area contributed by atoms with Crippen molar-refractivity contribution in [2.75, 3.05) is 6.54 Å². The summed E-state index contributed by atoms with van der Waals surface area (Å²) in [5, 5.41) is 7.37. The predicted molar refractivity (Wildman–Crippen MR) is 84.4 cm³/mol. The molecule has 1 aliphatic heterocycles. The number of hydrogen-bond acceptors (Lipinski definition) is 4. The molecule has 0 unspecified atom stereocenters. The first kappa shape index (κ1) is 16.5. The molecule has 2 N–H and O–H groups in total. The standard InChI is InChI=1S/C15H21N3O3S/c1-9(10-6-5-7-22-10)16-11(19)8-18-13(20)12(15(2,3)4)17-14(18)21/h5-7,9,12H,8H2,1-4H3,(H,16,19)(H,17,21)/t9-,12+/m0/s1. The van der Waals surface area contributed by atoms with Gasteiger partial charge in [-0.2, -0.15) is 0 Å². The molecule has 2 heterocycles. The van der Waals surface area contributed by atoms with Crippen molar-refractivity contribution in [1.29, 1.82) is 0 Å². The fourth-order valence-electron chi connectivity index (χ4n) is 2.30. The molecule has 1 aliphatic rings. The number of amides is 4. The Balaban J connectivity index is 1.97. The molecule has 2 rings (SSSR count). The molecular formula is C15H21N3O3S. The van der Waals surface area contributed by atoms with Gasteiger partial charge in [0.25, 0.3) is 5.91 Å². The number of urea groups is 1. The van der Waals surface area contributed by atoms with Gasteiger partial charge < -0.3 is 10.6 Å². The number of rotatable bonds is 4. The van der Waals surface area contributed by atoms with Gasteiger partial charge in [0.1, 0.15) is 12.6 Å². The van der Waals surface area contributed by atoms with Gasteiger partial charge >= 0.3 is 6.03 Å². The first-order valence-electron chi connectivity index (χ1n) is 7.15. The Labute approximate surface area is 133 Å². The van der Waals surface area contributed by atoms with E-state index < -0.39 is 12.1 Å². The SMILES string of the molecule is C[C@H](NC(=O)CN1C(=O)N[C@@H](C(C)(C)C)C1=O)c1cccs1. The quantitative estimate of drug-likeness (QED) is 0.831. The van der Waals surface area contributed by atoms with Crippen LogP contribution in [0.2, 0.25) is 0 Å². The molecule has 0 radical (unpaired) electrons. The number of hydrogen-bond donors (Lipinski definition) is 2. The molecular weight excluding hydrogens is 302 g/mol. The van der Waals surface area contributed by atoms with E-state index in [1.807, 2.05) is 45.2 Å². The van der Waals surface area contributed by atoms with E-state index in [0.29, 0.717) is 0 Å². The van der Waals surface area contributed by atoms with Gasteiger partial charge in [-0.05, 0) is 23.8 Å². The van der Waals surface area contributed by atoms with E-state index in [0.717, 1.165) is 9.78 Å². The van der Waals surface area contributed by atoms with Crippen LogP contribution in [-0.2, 0) is 9.59 Å². The van der Waals surface area contributed by atoms with Crippen LogP contribution in [0.5, 0.6) is 0 Å². The lowest BCUT2D eigenvalue weighted by Gasteiger charge is -2.24. The summed E-state index contributed by atoms with van der Waals surface area (Å²) in [5.74, 6) is -0.699. The fraction of sp³-hybridized carbons (Fsp3) is 0.533. The third kappa shape index (κ3) is 3.47. The second kappa shape index (κ2) is 6.08. The van der Waals surface area contributed by atoms with E-state index in [1.54, 1.807) is 11.3 Å². The van der Waals surface area contributed by atoms with E-state index in [4.69, 9.17) is 0 Å². The smallest absolute Gasteiger partial charge is 0.325 e. The molecule has 2 atom stereocenters. The van der Waals surface area contributed by atoms with Crippen molar-refractivity contribution in [2.45, 2.75) is 39.8 Å². The summed E-state index contributed by atoms with van der Waals surface area (Å²) < 4.78 is 0. The lowest BCUT2D eigenvalue weighted by Crippen LogP contribution is -2.43. The second-order valence-corrected chi connectivity index (χ2v) is 7.46. The zero-order chi connectivity index (χ0) is 16.5. The molecule has 1 aromatic heterocycles. The molecule has 7 heteroatoms. The van der Waals surface area contributed by atoms with Crippen LogP contribution in [0.4, 0.5) is 4.79 Å². The Kier molecular flexibility index (Phi) is 4.55. The molecule has 1 saturated heterocycles. The van der Waals surface area contributed by atoms with Gasteiger partial charge in [-0.25, -0.2) is 4.79 Å². The van der Waals surface area contributed by atoms with Crippen LogP contribution in [0.3, 0.4) is 0 Å². The summed E-state index contributed by atoms with van der Waals surface area (Å²) in [5.41, 5.74) is -0.387. The normalized spacial score (nSPS) is 20.0. The van der Waals surface area contributed by atoms with Crippen molar-refractivity contribution in [3.63, 3.8) is 0 Å². The number of imide groups is 1. The molecule has 6 nitrogen and oxygen atoms in total. The van der Waals surface area contributed by atoms with E-state index >= 15 is 0 Å². The average molecular weight is 323 g/mol. The Morgan fingerprint density at radius 3 is 2.64 bits per heavy atom. The van der Waals surface area contributed by atoms with Crippen LogP contribution in [-0.4, -0.2) is 35.3 Å². The lowest BCUT2D eigenvalue weighted by atomic mass is 9.87. The largest absolute Gasteiger partial charge is 0.347 e. The van der Waals surface area contributed by atoms with E-state index in [1.165, 1.54) is 0 Å². The van der Waals surface area contributed by atoms with Crippen LogP contribution in [0.1, 0.15) is 38.6 Å². The zero-order valence-electron chi connectivity index (χ0n) is 13.2. The monoisotopic (exact) mass is 323 g/mol. The van der Waals surface area contributed by atoms with Crippen molar-refractivity contribution < 1.29 is 14.4 Å².